The van der Waals surface area contributed by atoms with Gasteiger partial charge in [-0.3, -0.25) is 0 Å². The van der Waals surface area contributed by atoms with Gasteiger partial charge >= 0.3 is 5.97 Å². The highest BCUT2D eigenvalue weighted by molar-refractivity contribution is 6.30. The number of nitrogens with zero attached hydrogens (tertiary/aromatic N) is 2. The molecule has 0 bridgehead atoms. The third-order valence-electron chi connectivity index (χ3n) is 3.88. The summed E-state index contributed by atoms with van der Waals surface area (Å²) in [6.07, 6.45) is 0. The van der Waals surface area contributed by atoms with Crippen molar-refractivity contribution in [2.75, 3.05) is 7.11 Å². The summed E-state index contributed by atoms with van der Waals surface area (Å²) in [5, 5.41) is 5.07. The lowest BCUT2D eigenvalue weighted by molar-refractivity contribution is 0.0723. The number of rotatable bonds is 5. The summed E-state index contributed by atoms with van der Waals surface area (Å²) in [6.45, 7) is 4.34. The fourth-order valence-electron chi connectivity index (χ4n) is 2.66. The standard InChI is InChI=1S/C20H19ClN2O3/c1-13-4-9-18(14(2)10-13)23-19(11-17(22-23)12-25-3)26-20(24)15-5-7-16(21)8-6-15/h4-11H,12H2,1-3H3. The lowest BCUT2D eigenvalue weighted by atomic mass is 10.1. The predicted molar refractivity (Wildman–Crippen MR) is 100 cm³/mol. The molecule has 1 aromatic heterocycles. The van der Waals surface area contributed by atoms with Gasteiger partial charge < -0.3 is 9.47 Å². The van der Waals surface area contributed by atoms with Gasteiger partial charge in [0.2, 0.25) is 5.88 Å². The monoisotopic (exact) mass is 370 g/mol. The van der Waals surface area contributed by atoms with E-state index in [-0.39, 0.29) is 0 Å². The van der Waals surface area contributed by atoms with Crippen molar-refractivity contribution in [3.8, 4) is 11.6 Å². The van der Waals surface area contributed by atoms with Crippen LogP contribution < -0.4 is 4.74 Å². The van der Waals surface area contributed by atoms with E-state index in [0.29, 0.717) is 28.8 Å². The molecule has 0 aliphatic heterocycles. The van der Waals surface area contributed by atoms with Gasteiger partial charge in [-0.25, -0.2) is 4.79 Å². The molecule has 5 nitrogen and oxygen atoms in total. The second-order valence-electron chi connectivity index (χ2n) is 6.01. The van der Waals surface area contributed by atoms with Crippen LogP contribution in [0.15, 0.2) is 48.5 Å². The Morgan fingerprint density at radius 2 is 1.85 bits per heavy atom. The number of benzene rings is 2. The fraction of sp³-hybridized carbons (Fsp3) is 0.200. The van der Waals surface area contributed by atoms with E-state index in [0.717, 1.165) is 16.8 Å². The lowest BCUT2D eigenvalue weighted by Crippen LogP contribution is -2.12. The van der Waals surface area contributed by atoms with Crippen molar-refractivity contribution in [1.82, 2.24) is 9.78 Å². The number of carbonyl (C=O) groups is 1. The molecule has 134 valence electrons. The minimum absolute atomic E-state index is 0.323. The Morgan fingerprint density at radius 1 is 1.12 bits per heavy atom. The molecule has 0 amide bonds. The van der Waals surface area contributed by atoms with Crippen LogP contribution in [0.4, 0.5) is 0 Å². The molecule has 3 rings (SSSR count). The molecule has 0 saturated heterocycles. The van der Waals surface area contributed by atoms with Gasteiger partial charge in [0, 0.05) is 18.2 Å². The zero-order chi connectivity index (χ0) is 18.7. The first-order chi connectivity index (χ1) is 12.5. The van der Waals surface area contributed by atoms with Crippen molar-refractivity contribution in [1.29, 1.82) is 0 Å². The van der Waals surface area contributed by atoms with E-state index in [2.05, 4.69) is 11.2 Å². The third-order valence-corrected chi connectivity index (χ3v) is 4.13. The Morgan fingerprint density at radius 3 is 2.50 bits per heavy atom. The van der Waals surface area contributed by atoms with Gasteiger partial charge in [0.25, 0.3) is 0 Å². The zero-order valence-electron chi connectivity index (χ0n) is 14.8. The van der Waals surface area contributed by atoms with Crippen LogP contribution in [0.2, 0.25) is 5.02 Å². The van der Waals surface area contributed by atoms with Crippen molar-refractivity contribution < 1.29 is 14.3 Å². The first kappa shape index (κ1) is 18.2. The number of hydrogen-bond donors (Lipinski definition) is 0. The molecule has 2 aromatic carbocycles. The largest absolute Gasteiger partial charge is 0.404 e. The maximum Gasteiger partial charge on any atom is 0.344 e. The quantitative estimate of drug-likeness (QED) is 0.620. The molecule has 26 heavy (non-hydrogen) atoms. The van der Waals surface area contributed by atoms with Gasteiger partial charge in [0.15, 0.2) is 0 Å². The molecule has 0 radical (unpaired) electrons. The summed E-state index contributed by atoms with van der Waals surface area (Å²) in [6, 6.07) is 14.2. The van der Waals surface area contributed by atoms with Crippen LogP contribution in [0.5, 0.6) is 5.88 Å². The molecule has 0 aliphatic rings. The van der Waals surface area contributed by atoms with Crippen molar-refractivity contribution in [3.05, 3.63) is 75.9 Å². The molecule has 0 aliphatic carbocycles. The number of ether oxygens (including phenoxy) is 2. The summed E-state index contributed by atoms with van der Waals surface area (Å²) in [5.74, 6) is -0.138. The summed E-state index contributed by atoms with van der Waals surface area (Å²) < 4.78 is 12.4. The highest BCUT2D eigenvalue weighted by Crippen LogP contribution is 2.24. The summed E-state index contributed by atoms with van der Waals surface area (Å²) in [5.41, 5.74) is 4.11. The maximum atomic E-state index is 12.5. The summed E-state index contributed by atoms with van der Waals surface area (Å²) in [7, 11) is 1.59. The normalized spacial score (nSPS) is 10.8. The molecule has 0 N–H and O–H groups in total. The Kier molecular flexibility index (Phi) is 5.40. The maximum absolute atomic E-state index is 12.5. The number of carbonyl (C=O) groups excluding carboxylic acids is 1. The van der Waals surface area contributed by atoms with E-state index in [1.165, 1.54) is 0 Å². The van der Waals surface area contributed by atoms with Crippen LogP contribution in [0.25, 0.3) is 5.69 Å². The zero-order valence-corrected chi connectivity index (χ0v) is 15.6. The molecule has 6 heteroatoms. The number of aromatic nitrogens is 2. The number of methoxy groups -OCH3 is 1. The van der Waals surface area contributed by atoms with Gasteiger partial charge in [-0.05, 0) is 49.7 Å². The minimum atomic E-state index is -0.475. The second-order valence-corrected chi connectivity index (χ2v) is 6.44. The molecule has 0 fully saturated rings. The Bertz CT molecular complexity index is 933. The van der Waals surface area contributed by atoms with E-state index in [9.17, 15) is 4.79 Å². The number of esters is 1. The average Bonchev–Trinajstić information content (AvgIpc) is 2.98. The Hall–Kier alpha value is -2.63. The van der Waals surface area contributed by atoms with Crippen LogP contribution in [0.3, 0.4) is 0 Å². The van der Waals surface area contributed by atoms with E-state index in [1.54, 1.807) is 42.1 Å². The summed E-state index contributed by atoms with van der Waals surface area (Å²) >= 11 is 5.87. The second kappa shape index (κ2) is 7.72. The number of aryl methyl sites for hydroxylation is 2. The summed E-state index contributed by atoms with van der Waals surface area (Å²) in [4.78, 5) is 12.5. The first-order valence-electron chi connectivity index (χ1n) is 8.11. The van der Waals surface area contributed by atoms with Crippen LogP contribution in [0, 0.1) is 13.8 Å². The minimum Gasteiger partial charge on any atom is -0.404 e. The molecule has 0 atom stereocenters. The van der Waals surface area contributed by atoms with Crippen molar-refractivity contribution in [2.24, 2.45) is 0 Å². The SMILES string of the molecule is COCc1cc(OC(=O)c2ccc(Cl)cc2)n(-c2ccc(C)cc2C)n1. The Balaban J connectivity index is 1.97. The predicted octanol–water partition coefficient (Wildman–Crippen LogP) is 4.51. The first-order valence-corrected chi connectivity index (χ1v) is 8.49. The highest BCUT2D eigenvalue weighted by Gasteiger charge is 2.17. The van der Waals surface area contributed by atoms with Crippen LogP contribution in [-0.4, -0.2) is 22.9 Å². The Labute approximate surface area is 157 Å². The molecule has 0 saturated carbocycles. The smallest absolute Gasteiger partial charge is 0.344 e. The van der Waals surface area contributed by atoms with E-state index in [1.807, 2.05) is 26.0 Å². The highest BCUT2D eigenvalue weighted by atomic mass is 35.5. The van der Waals surface area contributed by atoms with Gasteiger partial charge in [0.05, 0.1) is 23.6 Å². The molecule has 0 unspecified atom stereocenters. The third kappa shape index (κ3) is 3.95. The number of halogens is 1. The van der Waals surface area contributed by atoms with Crippen LogP contribution >= 0.6 is 11.6 Å². The van der Waals surface area contributed by atoms with Gasteiger partial charge in [-0.15, -0.1) is 0 Å². The van der Waals surface area contributed by atoms with E-state index in [4.69, 9.17) is 21.1 Å². The van der Waals surface area contributed by atoms with Gasteiger partial charge in [-0.2, -0.15) is 9.78 Å². The van der Waals surface area contributed by atoms with Crippen LogP contribution in [0.1, 0.15) is 27.2 Å². The molecule has 1 heterocycles. The van der Waals surface area contributed by atoms with Crippen LogP contribution in [-0.2, 0) is 11.3 Å². The van der Waals surface area contributed by atoms with E-state index >= 15 is 0 Å². The van der Waals surface area contributed by atoms with Gasteiger partial charge in [0.1, 0.15) is 0 Å². The fourth-order valence-corrected chi connectivity index (χ4v) is 2.78. The molecule has 0 spiro atoms. The molecule has 3 aromatic rings. The molecular weight excluding hydrogens is 352 g/mol. The average molecular weight is 371 g/mol. The van der Waals surface area contributed by atoms with E-state index < -0.39 is 5.97 Å². The van der Waals surface area contributed by atoms with Crippen molar-refractivity contribution in [3.63, 3.8) is 0 Å². The van der Waals surface area contributed by atoms with Gasteiger partial charge in [-0.1, -0.05) is 29.3 Å². The lowest BCUT2D eigenvalue weighted by Gasteiger charge is -2.11. The topological polar surface area (TPSA) is 53.4 Å². The molecular formula is C20H19ClN2O3. The van der Waals surface area contributed by atoms with Crippen molar-refractivity contribution >= 4 is 17.6 Å². The number of hydrogen-bond acceptors (Lipinski definition) is 4. The van der Waals surface area contributed by atoms with Crippen molar-refractivity contribution in [2.45, 2.75) is 20.5 Å².